The average Bonchev–Trinajstić information content (AvgIpc) is 2.04. The molecule has 2 unspecified atom stereocenters. The minimum Gasteiger partial charge on any atom is -0.330 e. The van der Waals surface area contributed by atoms with E-state index in [9.17, 15) is 0 Å². The molecule has 0 aromatic heterocycles. The van der Waals surface area contributed by atoms with Gasteiger partial charge in [0.05, 0.1) is 0 Å². The maximum absolute atomic E-state index is 5.81. The Bertz CT molecular complexity index is 151. The fraction of sp³-hybridized carbons (Fsp3) is 1.00. The Hall–Kier alpha value is -0.0400. The number of hydrogen-bond donors (Lipinski definition) is 1. The van der Waals surface area contributed by atoms with E-state index < -0.39 is 0 Å². The standard InChI is InChI=1S/C12H25N/c1-4-5-10-8-12(2,3)7-6-11(10)9-13/h10-11H,4-9,13H2,1-3H3. The van der Waals surface area contributed by atoms with E-state index >= 15 is 0 Å². The number of nitrogens with two attached hydrogens (primary N) is 1. The van der Waals surface area contributed by atoms with Crippen LogP contribution in [0.25, 0.3) is 0 Å². The van der Waals surface area contributed by atoms with Crippen LogP contribution in [0.4, 0.5) is 0 Å². The normalized spacial score (nSPS) is 33.2. The topological polar surface area (TPSA) is 26.0 Å². The molecule has 1 aliphatic carbocycles. The van der Waals surface area contributed by atoms with Crippen molar-refractivity contribution in [1.29, 1.82) is 0 Å². The van der Waals surface area contributed by atoms with E-state index in [0.717, 1.165) is 18.4 Å². The van der Waals surface area contributed by atoms with Crippen LogP contribution in [0.15, 0.2) is 0 Å². The summed E-state index contributed by atoms with van der Waals surface area (Å²) in [7, 11) is 0. The number of hydrogen-bond acceptors (Lipinski definition) is 1. The van der Waals surface area contributed by atoms with E-state index in [0.29, 0.717) is 5.41 Å². The third-order valence-electron chi connectivity index (χ3n) is 3.64. The second-order valence-electron chi connectivity index (χ2n) is 5.45. The van der Waals surface area contributed by atoms with Gasteiger partial charge >= 0.3 is 0 Å². The Morgan fingerprint density at radius 1 is 1.31 bits per heavy atom. The van der Waals surface area contributed by atoms with Crippen LogP contribution in [0.5, 0.6) is 0 Å². The molecule has 0 heterocycles. The summed E-state index contributed by atoms with van der Waals surface area (Å²) in [4.78, 5) is 0. The molecule has 0 radical (unpaired) electrons. The highest BCUT2D eigenvalue weighted by Gasteiger charge is 2.33. The molecule has 1 fully saturated rings. The maximum atomic E-state index is 5.81. The zero-order valence-corrected chi connectivity index (χ0v) is 9.47. The Labute approximate surface area is 83.1 Å². The molecule has 2 N–H and O–H groups in total. The number of rotatable bonds is 3. The lowest BCUT2D eigenvalue weighted by atomic mass is 9.66. The lowest BCUT2D eigenvalue weighted by Gasteiger charge is -2.40. The molecule has 1 rings (SSSR count). The van der Waals surface area contributed by atoms with Crippen LogP contribution in [0.2, 0.25) is 0 Å². The lowest BCUT2D eigenvalue weighted by molar-refractivity contribution is 0.114. The molecule has 0 bridgehead atoms. The molecule has 1 saturated carbocycles. The predicted molar refractivity (Wildman–Crippen MR) is 58.6 cm³/mol. The Morgan fingerprint density at radius 3 is 2.54 bits per heavy atom. The smallest absolute Gasteiger partial charge is 0.00462 e. The summed E-state index contributed by atoms with van der Waals surface area (Å²) in [6.45, 7) is 8.00. The first-order chi connectivity index (χ1) is 6.09. The first-order valence-electron chi connectivity index (χ1n) is 5.79. The molecule has 78 valence electrons. The van der Waals surface area contributed by atoms with Gasteiger partial charge in [0.15, 0.2) is 0 Å². The minimum atomic E-state index is 0.575. The van der Waals surface area contributed by atoms with Gasteiger partial charge in [-0.1, -0.05) is 33.6 Å². The van der Waals surface area contributed by atoms with Gasteiger partial charge in [-0.15, -0.1) is 0 Å². The highest BCUT2D eigenvalue weighted by atomic mass is 14.6. The molecule has 0 aromatic carbocycles. The molecular weight excluding hydrogens is 158 g/mol. The van der Waals surface area contributed by atoms with Crippen molar-refractivity contribution in [3.05, 3.63) is 0 Å². The molecule has 0 spiro atoms. The predicted octanol–water partition coefficient (Wildman–Crippen LogP) is 3.19. The molecule has 1 nitrogen and oxygen atoms in total. The van der Waals surface area contributed by atoms with Crippen LogP contribution in [-0.2, 0) is 0 Å². The van der Waals surface area contributed by atoms with Gasteiger partial charge in [-0.3, -0.25) is 0 Å². The van der Waals surface area contributed by atoms with Crippen molar-refractivity contribution < 1.29 is 0 Å². The van der Waals surface area contributed by atoms with Crippen LogP contribution in [0.3, 0.4) is 0 Å². The van der Waals surface area contributed by atoms with Gasteiger partial charge in [0.2, 0.25) is 0 Å². The van der Waals surface area contributed by atoms with Crippen LogP contribution >= 0.6 is 0 Å². The zero-order chi connectivity index (χ0) is 9.90. The lowest BCUT2D eigenvalue weighted by Crippen LogP contribution is -2.33. The average molecular weight is 183 g/mol. The summed E-state index contributed by atoms with van der Waals surface area (Å²) in [5, 5.41) is 0. The quantitative estimate of drug-likeness (QED) is 0.714. The Kier molecular flexibility index (Phi) is 3.78. The van der Waals surface area contributed by atoms with E-state index in [4.69, 9.17) is 5.73 Å². The first-order valence-corrected chi connectivity index (χ1v) is 5.79. The van der Waals surface area contributed by atoms with Crippen LogP contribution in [0.1, 0.15) is 52.9 Å². The van der Waals surface area contributed by atoms with Crippen LogP contribution < -0.4 is 5.73 Å². The summed E-state index contributed by atoms with van der Waals surface area (Å²) in [6, 6.07) is 0. The third kappa shape index (κ3) is 2.98. The van der Waals surface area contributed by atoms with Gasteiger partial charge in [-0.25, -0.2) is 0 Å². The second kappa shape index (κ2) is 4.45. The van der Waals surface area contributed by atoms with Crippen molar-refractivity contribution >= 4 is 0 Å². The molecular formula is C12H25N. The van der Waals surface area contributed by atoms with Gasteiger partial charge in [-0.05, 0) is 43.1 Å². The second-order valence-corrected chi connectivity index (χ2v) is 5.45. The van der Waals surface area contributed by atoms with Crippen molar-refractivity contribution in [2.24, 2.45) is 23.0 Å². The minimum absolute atomic E-state index is 0.575. The van der Waals surface area contributed by atoms with Crippen molar-refractivity contribution in [3.63, 3.8) is 0 Å². The van der Waals surface area contributed by atoms with E-state index in [1.165, 1.54) is 32.1 Å². The van der Waals surface area contributed by atoms with E-state index in [2.05, 4.69) is 20.8 Å². The molecule has 0 aliphatic heterocycles. The van der Waals surface area contributed by atoms with Crippen LogP contribution in [-0.4, -0.2) is 6.54 Å². The summed E-state index contributed by atoms with van der Waals surface area (Å²) < 4.78 is 0. The SMILES string of the molecule is CCCC1CC(C)(C)CCC1CN. The zero-order valence-electron chi connectivity index (χ0n) is 9.47. The molecule has 1 aliphatic rings. The highest BCUT2D eigenvalue weighted by molar-refractivity contribution is 4.85. The van der Waals surface area contributed by atoms with Gasteiger partial charge < -0.3 is 5.73 Å². The Morgan fingerprint density at radius 2 is 2.00 bits per heavy atom. The molecule has 0 saturated heterocycles. The molecule has 2 atom stereocenters. The van der Waals surface area contributed by atoms with Crippen molar-refractivity contribution in [2.75, 3.05) is 6.54 Å². The fourth-order valence-corrected chi connectivity index (χ4v) is 2.81. The summed E-state index contributed by atoms with van der Waals surface area (Å²) in [6.07, 6.45) is 6.81. The largest absolute Gasteiger partial charge is 0.330 e. The summed E-state index contributed by atoms with van der Waals surface area (Å²) in [5.41, 5.74) is 6.39. The van der Waals surface area contributed by atoms with Gasteiger partial charge in [-0.2, -0.15) is 0 Å². The summed E-state index contributed by atoms with van der Waals surface area (Å²) in [5.74, 6) is 1.71. The van der Waals surface area contributed by atoms with Crippen molar-refractivity contribution in [1.82, 2.24) is 0 Å². The molecule has 0 aromatic rings. The Balaban J connectivity index is 2.52. The van der Waals surface area contributed by atoms with Crippen molar-refractivity contribution in [3.8, 4) is 0 Å². The van der Waals surface area contributed by atoms with E-state index in [1.807, 2.05) is 0 Å². The third-order valence-corrected chi connectivity index (χ3v) is 3.64. The highest BCUT2D eigenvalue weighted by Crippen LogP contribution is 2.43. The maximum Gasteiger partial charge on any atom is -0.00462 e. The molecule has 13 heavy (non-hydrogen) atoms. The monoisotopic (exact) mass is 183 g/mol. The fourth-order valence-electron chi connectivity index (χ4n) is 2.81. The van der Waals surface area contributed by atoms with Gasteiger partial charge in [0.1, 0.15) is 0 Å². The van der Waals surface area contributed by atoms with Gasteiger partial charge in [0, 0.05) is 0 Å². The van der Waals surface area contributed by atoms with Gasteiger partial charge in [0.25, 0.3) is 0 Å². The summed E-state index contributed by atoms with van der Waals surface area (Å²) >= 11 is 0. The van der Waals surface area contributed by atoms with E-state index in [1.54, 1.807) is 0 Å². The van der Waals surface area contributed by atoms with E-state index in [-0.39, 0.29) is 0 Å². The molecule has 1 heteroatoms. The van der Waals surface area contributed by atoms with Crippen molar-refractivity contribution in [2.45, 2.75) is 52.9 Å². The molecule has 0 amide bonds. The van der Waals surface area contributed by atoms with Crippen LogP contribution in [0, 0.1) is 17.3 Å². The first kappa shape index (κ1) is 11.0.